The number of sulfone groups is 1. The average molecular weight is 327 g/mol. The Bertz CT molecular complexity index is 776. The summed E-state index contributed by atoms with van der Waals surface area (Å²) in [5, 5.41) is 0.106. The molecule has 0 aliphatic carbocycles. The number of nitrogen functional groups attached to an aromatic ring is 1. The largest absolute Gasteiger partial charge is 0.497 e. The van der Waals surface area contributed by atoms with Crippen molar-refractivity contribution in [1.82, 2.24) is 4.98 Å². The van der Waals surface area contributed by atoms with E-state index in [4.69, 9.17) is 22.1 Å². The van der Waals surface area contributed by atoms with E-state index < -0.39 is 9.84 Å². The molecule has 1 aromatic carbocycles. The van der Waals surface area contributed by atoms with Gasteiger partial charge in [0.1, 0.15) is 5.75 Å². The summed E-state index contributed by atoms with van der Waals surface area (Å²) < 4.78 is 30.0. The number of aromatic nitrogens is 1. The molecule has 0 saturated carbocycles. The molecule has 1 heterocycles. The SMILES string of the molecule is COc1cc(C)nc(CS(=O)(=O)c2ccc(N)cc2Cl)c1. The van der Waals surface area contributed by atoms with E-state index in [1.165, 1.54) is 25.3 Å². The minimum Gasteiger partial charge on any atom is -0.497 e. The van der Waals surface area contributed by atoms with Gasteiger partial charge in [0.15, 0.2) is 9.84 Å². The number of hydrogen-bond donors (Lipinski definition) is 1. The molecule has 5 nitrogen and oxygen atoms in total. The highest BCUT2D eigenvalue weighted by Crippen LogP contribution is 2.27. The number of benzene rings is 1. The number of nitrogens with two attached hydrogens (primary N) is 1. The number of hydrogen-bond acceptors (Lipinski definition) is 5. The molecule has 0 aliphatic heterocycles. The number of aryl methyl sites for hydroxylation is 1. The zero-order valence-electron chi connectivity index (χ0n) is 11.6. The van der Waals surface area contributed by atoms with Crippen molar-refractivity contribution in [2.75, 3.05) is 12.8 Å². The van der Waals surface area contributed by atoms with Crippen LogP contribution in [0.15, 0.2) is 35.2 Å². The van der Waals surface area contributed by atoms with Gasteiger partial charge >= 0.3 is 0 Å². The van der Waals surface area contributed by atoms with E-state index in [-0.39, 0.29) is 15.7 Å². The predicted molar refractivity (Wildman–Crippen MR) is 82.3 cm³/mol. The van der Waals surface area contributed by atoms with Gasteiger partial charge in [0.25, 0.3) is 0 Å². The summed E-state index contributed by atoms with van der Waals surface area (Å²) in [4.78, 5) is 4.26. The Labute approximate surface area is 128 Å². The number of halogens is 1. The van der Waals surface area contributed by atoms with Gasteiger partial charge in [0.2, 0.25) is 0 Å². The Kier molecular flexibility index (Phi) is 4.39. The fourth-order valence-electron chi connectivity index (χ4n) is 1.94. The van der Waals surface area contributed by atoms with Gasteiger partial charge in [-0.3, -0.25) is 4.98 Å². The van der Waals surface area contributed by atoms with Crippen molar-refractivity contribution in [1.29, 1.82) is 0 Å². The third kappa shape index (κ3) is 3.65. The first-order valence-corrected chi connectivity index (χ1v) is 8.14. The van der Waals surface area contributed by atoms with Crippen molar-refractivity contribution in [3.8, 4) is 5.75 Å². The highest BCUT2D eigenvalue weighted by molar-refractivity contribution is 7.90. The van der Waals surface area contributed by atoms with E-state index in [9.17, 15) is 8.42 Å². The van der Waals surface area contributed by atoms with Crippen LogP contribution in [0.25, 0.3) is 0 Å². The van der Waals surface area contributed by atoms with Crippen LogP contribution in [0.2, 0.25) is 5.02 Å². The predicted octanol–water partition coefficient (Wildman–Crippen LogP) is 2.61. The number of anilines is 1. The topological polar surface area (TPSA) is 82.3 Å². The molecule has 0 aliphatic rings. The molecule has 1 aromatic heterocycles. The van der Waals surface area contributed by atoms with Crippen LogP contribution in [0, 0.1) is 6.92 Å². The first-order chi connectivity index (χ1) is 9.81. The first kappa shape index (κ1) is 15.6. The highest BCUT2D eigenvalue weighted by atomic mass is 35.5. The third-order valence-electron chi connectivity index (χ3n) is 2.84. The van der Waals surface area contributed by atoms with Gasteiger partial charge in [-0.1, -0.05) is 11.6 Å². The molecule has 112 valence electrons. The van der Waals surface area contributed by atoms with Crippen molar-refractivity contribution in [2.45, 2.75) is 17.6 Å². The molecule has 0 spiro atoms. The lowest BCUT2D eigenvalue weighted by Gasteiger charge is -2.09. The summed E-state index contributed by atoms with van der Waals surface area (Å²) in [6.45, 7) is 1.77. The Morgan fingerprint density at radius 1 is 1.29 bits per heavy atom. The molecule has 0 saturated heterocycles. The number of rotatable bonds is 4. The second-order valence-electron chi connectivity index (χ2n) is 4.59. The normalized spacial score (nSPS) is 11.4. The highest BCUT2D eigenvalue weighted by Gasteiger charge is 2.20. The van der Waals surface area contributed by atoms with Crippen LogP contribution in [0.5, 0.6) is 5.75 Å². The standard InChI is InChI=1S/C14H15ClN2O3S/c1-9-5-12(20-2)7-11(17-9)8-21(18,19)14-4-3-10(16)6-13(14)15/h3-7H,8,16H2,1-2H3. The van der Waals surface area contributed by atoms with Crippen LogP contribution in [-0.2, 0) is 15.6 Å². The Balaban J connectivity index is 2.39. The maximum Gasteiger partial charge on any atom is 0.185 e. The van der Waals surface area contributed by atoms with E-state index in [1.807, 2.05) is 0 Å². The van der Waals surface area contributed by atoms with E-state index in [0.29, 0.717) is 22.8 Å². The van der Waals surface area contributed by atoms with Crippen molar-refractivity contribution in [3.63, 3.8) is 0 Å². The zero-order valence-corrected chi connectivity index (χ0v) is 13.2. The lowest BCUT2D eigenvalue weighted by Crippen LogP contribution is -2.08. The van der Waals surface area contributed by atoms with Gasteiger partial charge in [-0.05, 0) is 25.1 Å². The summed E-state index contributed by atoms with van der Waals surface area (Å²) in [7, 11) is -2.09. The molecular formula is C14H15ClN2O3S. The summed E-state index contributed by atoms with van der Waals surface area (Å²) in [5.74, 6) is 0.311. The minimum atomic E-state index is -3.61. The van der Waals surface area contributed by atoms with E-state index >= 15 is 0 Å². The second kappa shape index (κ2) is 5.91. The molecule has 7 heteroatoms. The lowest BCUT2D eigenvalue weighted by molar-refractivity contribution is 0.413. The van der Waals surface area contributed by atoms with Gasteiger partial charge in [0, 0.05) is 23.5 Å². The van der Waals surface area contributed by atoms with Gasteiger partial charge in [0.05, 0.1) is 28.5 Å². The average Bonchev–Trinajstić information content (AvgIpc) is 2.36. The fourth-order valence-corrected chi connectivity index (χ4v) is 3.80. The van der Waals surface area contributed by atoms with Crippen LogP contribution < -0.4 is 10.5 Å². The lowest BCUT2D eigenvalue weighted by atomic mass is 10.3. The van der Waals surface area contributed by atoms with Gasteiger partial charge in [-0.15, -0.1) is 0 Å². The summed E-state index contributed by atoms with van der Waals surface area (Å²) in [6.07, 6.45) is 0. The van der Waals surface area contributed by atoms with Gasteiger partial charge < -0.3 is 10.5 Å². The zero-order chi connectivity index (χ0) is 15.6. The van der Waals surface area contributed by atoms with Crippen LogP contribution in [0.1, 0.15) is 11.4 Å². The summed E-state index contributed by atoms with van der Waals surface area (Å²) >= 11 is 5.97. The van der Waals surface area contributed by atoms with Crippen LogP contribution in [-0.4, -0.2) is 20.5 Å². The summed E-state index contributed by atoms with van der Waals surface area (Å²) in [6, 6.07) is 7.64. The number of ether oxygens (including phenoxy) is 1. The van der Waals surface area contributed by atoms with E-state index in [1.54, 1.807) is 19.1 Å². The number of pyridine rings is 1. The fraction of sp³-hybridized carbons (Fsp3) is 0.214. The van der Waals surface area contributed by atoms with Crippen LogP contribution in [0.3, 0.4) is 0 Å². The van der Waals surface area contributed by atoms with Gasteiger partial charge in [-0.2, -0.15) is 0 Å². The molecule has 0 unspecified atom stereocenters. The third-order valence-corrected chi connectivity index (χ3v) is 4.97. The molecular weight excluding hydrogens is 312 g/mol. The quantitative estimate of drug-likeness (QED) is 0.873. The van der Waals surface area contributed by atoms with Crippen molar-refractivity contribution in [3.05, 3.63) is 46.7 Å². The molecule has 2 N–H and O–H groups in total. The maximum atomic E-state index is 12.4. The molecule has 0 radical (unpaired) electrons. The molecule has 2 aromatic rings. The van der Waals surface area contributed by atoms with Crippen molar-refractivity contribution < 1.29 is 13.2 Å². The van der Waals surface area contributed by atoms with E-state index in [0.717, 1.165) is 0 Å². The molecule has 0 fully saturated rings. The monoisotopic (exact) mass is 326 g/mol. The number of nitrogens with zero attached hydrogens (tertiary/aromatic N) is 1. The van der Waals surface area contributed by atoms with Crippen molar-refractivity contribution in [2.24, 2.45) is 0 Å². The molecule has 21 heavy (non-hydrogen) atoms. The van der Waals surface area contributed by atoms with Crippen molar-refractivity contribution >= 4 is 27.1 Å². The Morgan fingerprint density at radius 3 is 2.62 bits per heavy atom. The maximum absolute atomic E-state index is 12.4. The second-order valence-corrected chi connectivity index (χ2v) is 6.95. The molecule has 0 bridgehead atoms. The smallest absolute Gasteiger partial charge is 0.185 e. The van der Waals surface area contributed by atoms with Crippen LogP contribution in [0.4, 0.5) is 5.69 Å². The van der Waals surface area contributed by atoms with Gasteiger partial charge in [-0.25, -0.2) is 8.42 Å². The summed E-state index contributed by atoms with van der Waals surface area (Å²) in [5.41, 5.74) is 7.07. The Hall–Kier alpha value is -1.79. The minimum absolute atomic E-state index is 0.0423. The number of methoxy groups -OCH3 is 1. The van der Waals surface area contributed by atoms with Crippen LogP contribution >= 0.6 is 11.6 Å². The molecule has 0 amide bonds. The first-order valence-electron chi connectivity index (χ1n) is 6.11. The Morgan fingerprint density at radius 2 is 2.00 bits per heavy atom. The molecule has 2 rings (SSSR count). The molecule has 0 atom stereocenters. The van der Waals surface area contributed by atoms with E-state index in [2.05, 4.69) is 4.98 Å².